The van der Waals surface area contributed by atoms with Gasteiger partial charge < -0.3 is 10.6 Å². The maximum atomic E-state index is 12.5. The summed E-state index contributed by atoms with van der Waals surface area (Å²) in [5.41, 5.74) is 0.792. The fourth-order valence-electron chi connectivity index (χ4n) is 1.86. The summed E-state index contributed by atoms with van der Waals surface area (Å²) >= 11 is 2.66. The molecule has 1 heterocycles. The van der Waals surface area contributed by atoms with Crippen molar-refractivity contribution in [1.82, 2.24) is 20.8 Å². The largest absolute Gasteiger partial charge is 0.360 e. The van der Waals surface area contributed by atoms with Crippen molar-refractivity contribution in [2.75, 3.05) is 18.9 Å². The van der Waals surface area contributed by atoms with Gasteiger partial charge in [-0.25, -0.2) is 4.79 Å². The molecule has 0 saturated carbocycles. The molecule has 25 heavy (non-hydrogen) atoms. The molecule has 1 aromatic carbocycles. The molecule has 0 aliphatic rings. The lowest BCUT2D eigenvalue weighted by molar-refractivity contribution is -0.119. The number of hydrogen-bond acceptors (Lipinski definition) is 7. The fraction of sp³-hybridized carbons (Fsp3) is 0.375. The average Bonchev–Trinajstić information content (AvgIpc) is 3.06. The van der Waals surface area contributed by atoms with E-state index in [0.29, 0.717) is 10.3 Å². The van der Waals surface area contributed by atoms with Crippen LogP contribution in [0.2, 0.25) is 0 Å². The standard InChI is InChI=1S/C16H21N5O2S2/c1-10(2)9-18-15-20-21-16(25-15)24-12(11-7-5-4-6-8-11)13(22)19-14(23)17-3/h4-8,10,12H,9H2,1-3H3,(H,18,20)(H2,17,19,22,23)/t12-/m0/s1. The summed E-state index contributed by atoms with van der Waals surface area (Å²) in [5, 5.41) is 16.3. The highest BCUT2D eigenvalue weighted by molar-refractivity contribution is 8.01. The number of amides is 3. The second kappa shape index (κ2) is 9.38. The molecule has 2 aromatic rings. The van der Waals surface area contributed by atoms with Gasteiger partial charge in [-0.15, -0.1) is 10.2 Å². The molecule has 3 amide bonds. The third-order valence-electron chi connectivity index (χ3n) is 3.09. The highest BCUT2D eigenvalue weighted by Crippen LogP contribution is 2.37. The van der Waals surface area contributed by atoms with Gasteiger partial charge in [0.15, 0.2) is 4.34 Å². The molecule has 9 heteroatoms. The predicted octanol–water partition coefficient (Wildman–Crippen LogP) is 2.90. The Hall–Kier alpha value is -2.13. The van der Waals surface area contributed by atoms with Crippen molar-refractivity contribution in [3.63, 3.8) is 0 Å². The van der Waals surface area contributed by atoms with Crippen LogP contribution in [0.5, 0.6) is 0 Å². The van der Waals surface area contributed by atoms with Gasteiger partial charge >= 0.3 is 6.03 Å². The topological polar surface area (TPSA) is 96.0 Å². The van der Waals surface area contributed by atoms with Crippen LogP contribution in [0.25, 0.3) is 0 Å². The first-order valence-corrected chi connectivity index (χ1v) is 9.50. The summed E-state index contributed by atoms with van der Waals surface area (Å²) in [6.45, 7) is 5.02. The Labute approximate surface area is 155 Å². The van der Waals surface area contributed by atoms with Crippen LogP contribution < -0.4 is 16.0 Å². The summed E-state index contributed by atoms with van der Waals surface area (Å²) in [7, 11) is 1.46. The van der Waals surface area contributed by atoms with E-state index in [4.69, 9.17) is 0 Å². The van der Waals surface area contributed by atoms with Crippen LogP contribution >= 0.6 is 23.1 Å². The number of hydrogen-bond donors (Lipinski definition) is 3. The number of benzene rings is 1. The number of imide groups is 1. The first-order chi connectivity index (χ1) is 12.0. The van der Waals surface area contributed by atoms with Gasteiger partial charge in [-0.2, -0.15) is 0 Å². The minimum absolute atomic E-state index is 0.401. The Kier molecular flexibility index (Phi) is 7.20. The number of aromatic nitrogens is 2. The van der Waals surface area contributed by atoms with E-state index < -0.39 is 17.2 Å². The molecule has 0 radical (unpaired) electrons. The Bertz CT molecular complexity index is 706. The zero-order valence-electron chi connectivity index (χ0n) is 14.3. The molecule has 3 N–H and O–H groups in total. The van der Waals surface area contributed by atoms with E-state index in [0.717, 1.165) is 17.2 Å². The van der Waals surface area contributed by atoms with Crippen molar-refractivity contribution in [2.24, 2.45) is 5.92 Å². The monoisotopic (exact) mass is 379 g/mol. The van der Waals surface area contributed by atoms with Gasteiger partial charge in [-0.1, -0.05) is 67.3 Å². The lowest BCUT2D eigenvalue weighted by Crippen LogP contribution is -2.39. The second-order valence-electron chi connectivity index (χ2n) is 5.62. The molecule has 2 rings (SSSR count). The maximum Gasteiger partial charge on any atom is 0.321 e. The minimum atomic E-state index is -0.593. The van der Waals surface area contributed by atoms with Crippen LogP contribution in [0, 0.1) is 5.92 Å². The van der Waals surface area contributed by atoms with Gasteiger partial charge in [0.2, 0.25) is 11.0 Å². The summed E-state index contributed by atoms with van der Waals surface area (Å²) in [4.78, 5) is 24.0. The second-order valence-corrected chi connectivity index (χ2v) is 7.95. The van der Waals surface area contributed by atoms with E-state index in [1.165, 1.54) is 30.1 Å². The van der Waals surface area contributed by atoms with Gasteiger partial charge in [-0.3, -0.25) is 10.1 Å². The number of anilines is 1. The zero-order chi connectivity index (χ0) is 18.2. The van der Waals surface area contributed by atoms with Crippen molar-refractivity contribution in [3.05, 3.63) is 35.9 Å². The first-order valence-electron chi connectivity index (χ1n) is 7.81. The summed E-state index contributed by atoms with van der Waals surface area (Å²) in [5.74, 6) is 0.0952. The predicted molar refractivity (Wildman–Crippen MR) is 101 cm³/mol. The molecule has 0 unspecified atom stereocenters. The van der Waals surface area contributed by atoms with Gasteiger partial charge in [0.1, 0.15) is 5.25 Å². The molecular formula is C16H21N5O2S2. The molecule has 0 fully saturated rings. The Morgan fingerprint density at radius 3 is 2.56 bits per heavy atom. The summed E-state index contributed by atoms with van der Waals surface area (Å²) in [6, 6.07) is 8.74. The van der Waals surface area contributed by atoms with Crippen molar-refractivity contribution < 1.29 is 9.59 Å². The summed E-state index contributed by atoms with van der Waals surface area (Å²) < 4.78 is 0.659. The quantitative estimate of drug-likeness (QED) is 0.640. The van der Waals surface area contributed by atoms with Gasteiger partial charge in [0.25, 0.3) is 0 Å². The number of urea groups is 1. The first kappa shape index (κ1) is 19.2. The Balaban J connectivity index is 2.13. The molecule has 1 atom stereocenters. The van der Waals surface area contributed by atoms with Crippen LogP contribution in [0.3, 0.4) is 0 Å². The third-order valence-corrected chi connectivity index (χ3v) is 5.31. The van der Waals surface area contributed by atoms with Crippen LogP contribution in [-0.2, 0) is 4.79 Å². The normalized spacial score (nSPS) is 11.8. The number of nitrogens with zero attached hydrogens (tertiary/aromatic N) is 2. The minimum Gasteiger partial charge on any atom is -0.360 e. The molecule has 0 bridgehead atoms. The van der Waals surface area contributed by atoms with Crippen molar-refractivity contribution in [1.29, 1.82) is 0 Å². The molecule has 134 valence electrons. The summed E-state index contributed by atoms with van der Waals surface area (Å²) in [6.07, 6.45) is 0. The number of thioether (sulfide) groups is 1. The third kappa shape index (κ3) is 6.02. The number of rotatable bonds is 7. The SMILES string of the molecule is CNC(=O)NC(=O)[C@@H](Sc1nnc(NCC(C)C)s1)c1ccccc1. The van der Waals surface area contributed by atoms with E-state index in [1.54, 1.807) is 0 Å². The molecule has 0 spiro atoms. The van der Waals surface area contributed by atoms with Crippen molar-refractivity contribution in [3.8, 4) is 0 Å². The van der Waals surface area contributed by atoms with Crippen molar-refractivity contribution >= 4 is 40.2 Å². The number of carbonyl (C=O) groups excluding carboxylic acids is 2. The molecule has 0 aliphatic carbocycles. The van der Waals surface area contributed by atoms with Crippen LogP contribution in [0.1, 0.15) is 24.7 Å². The number of nitrogens with one attached hydrogen (secondary N) is 3. The molecular weight excluding hydrogens is 358 g/mol. The van der Waals surface area contributed by atoms with Gasteiger partial charge in [0, 0.05) is 13.6 Å². The van der Waals surface area contributed by atoms with E-state index in [1.807, 2.05) is 30.3 Å². The van der Waals surface area contributed by atoms with Gasteiger partial charge in [0.05, 0.1) is 0 Å². The molecule has 0 aliphatic heterocycles. The Morgan fingerprint density at radius 1 is 1.20 bits per heavy atom. The van der Waals surface area contributed by atoms with E-state index >= 15 is 0 Å². The lowest BCUT2D eigenvalue weighted by Gasteiger charge is -2.14. The fourth-order valence-corrected chi connectivity index (χ4v) is 3.81. The maximum absolute atomic E-state index is 12.5. The average molecular weight is 380 g/mol. The lowest BCUT2D eigenvalue weighted by atomic mass is 10.1. The van der Waals surface area contributed by atoms with E-state index in [2.05, 4.69) is 40.0 Å². The smallest absolute Gasteiger partial charge is 0.321 e. The Morgan fingerprint density at radius 2 is 1.92 bits per heavy atom. The van der Waals surface area contributed by atoms with Crippen LogP contribution in [0.4, 0.5) is 9.93 Å². The molecule has 7 nitrogen and oxygen atoms in total. The molecule has 1 aromatic heterocycles. The highest BCUT2D eigenvalue weighted by atomic mass is 32.2. The molecule has 0 saturated heterocycles. The van der Waals surface area contributed by atoms with Gasteiger partial charge in [-0.05, 0) is 11.5 Å². The van der Waals surface area contributed by atoms with E-state index in [9.17, 15) is 9.59 Å². The van der Waals surface area contributed by atoms with Crippen molar-refractivity contribution in [2.45, 2.75) is 23.4 Å². The number of carbonyl (C=O) groups is 2. The highest BCUT2D eigenvalue weighted by Gasteiger charge is 2.25. The van der Waals surface area contributed by atoms with E-state index in [-0.39, 0.29) is 0 Å². The van der Waals surface area contributed by atoms with Crippen LogP contribution in [0.15, 0.2) is 34.7 Å². The zero-order valence-corrected chi connectivity index (χ0v) is 15.9. The van der Waals surface area contributed by atoms with Crippen LogP contribution in [-0.4, -0.2) is 35.7 Å².